The summed E-state index contributed by atoms with van der Waals surface area (Å²) >= 11 is 1.81. The normalized spacial score (nSPS) is 16.0. The van der Waals surface area contributed by atoms with Crippen LogP contribution in [0.5, 0.6) is 5.75 Å². The molecule has 148 valence electrons. The Balaban J connectivity index is 1.44. The Morgan fingerprint density at radius 1 is 0.897 bits per heavy atom. The zero-order valence-electron chi connectivity index (χ0n) is 16.4. The molecule has 4 rings (SSSR count). The summed E-state index contributed by atoms with van der Waals surface area (Å²) in [7, 11) is 0. The van der Waals surface area contributed by atoms with Crippen molar-refractivity contribution in [2.24, 2.45) is 0 Å². The van der Waals surface area contributed by atoms with Crippen LogP contribution in [0.4, 0.5) is 0 Å². The van der Waals surface area contributed by atoms with Gasteiger partial charge in [-0.3, -0.25) is 4.79 Å². The van der Waals surface area contributed by atoms with E-state index in [4.69, 9.17) is 4.74 Å². The molecule has 3 aromatic carbocycles. The van der Waals surface area contributed by atoms with Crippen LogP contribution in [0.3, 0.4) is 0 Å². The first-order valence-corrected chi connectivity index (χ1v) is 11.1. The molecular weight excluding hydrogens is 378 g/mol. The van der Waals surface area contributed by atoms with Crippen LogP contribution in [-0.2, 0) is 17.8 Å². The second-order valence-corrected chi connectivity index (χ2v) is 8.30. The van der Waals surface area contributed by atoms with Crippen molar-refractivity contribution >= 4 is 17.7 Å². The van der Waals surface area contributed by atoms with E-state index in [0.717, 1.165) is 35.6 Å². The van der Waals surface area contributed by atoms with E-state index < -0.39 is 0 Å². The number of rotatable bonds is 7. The topological polar surface area (TPSA) is 29.5 Å². The quantitative estimate of drug-likeness (QED) is 0.524. The largest absolute Gasteiger partial charge is 0.489 e. The van der Waals surface area contributed by atoms with Gasteiger partial charge in [-0.1, -0.05) is 78.9 Å². The first-order chi connectivity index (χ1) is 14.3. The van der Waals surface area contributed by atoms with Crippen molar-refractivity contribution in [3.8, 4) is 5.75 Å². The highest BCUT2D eigenvalue weighted by molar-refractivity contribution is 7.99. The number of thioether (sulfide) groups is 1. The fourth-order valence-electron chi connectivity index (χ4n) is 3.57. The first-order valence-electron chi connectivity index (χ1n) is 10.0. The van der Waals surface area contributed by atoms with Gasteiger partial charge < -0.3 is 9.64 Å². The van der Waals surface area contributed by atoms with Gasteiger partial charge in [-0.15, -0.1) is 11.8 Å². The molecule has 1 atom stereocenters. The molecule has 0 radical (unpaired) electrons. The molecule has 3 aromatic rings. The van der Waals surface area contributed by atoms with E-state index >= 15 is 0 Å². The maximum Gasteiger partial charge on any atom is 0.224 e. The van der Waals surface area contributed by atoms with E-state index in [1.807, 2.05) is 71.3 Å². The minimum absolute atomic E-state index is 0.0187. The van der Waals surface area contributed by atoms with Crippen molar-refractivity contribution in [3.63, 3.8) is 0 Å². The molecule has 1 heterocycles. The van der Waals surface area contributed by atoms with Crippen LogP contribution >= 0.6 is 11.8 Å². The predicted octanol–water partition coefficient (Wildman–Crippen LogP) is 5.47. The average molecular weight is 404 g/mol. The molecule has 1 unspecified atom stereocenters. The van der Waals surface area contributed by atoms with Crippen LogP contribution in [0.15, 0.2) is 84.9 Å². The monoisotopic (exact) mass is 403 g/mol. The fraction of sp³-hybridized carbons (Fsp3) is 0.240. The third kappa shape index (κ3) is 5.01. The molecule has 0 N–H and O–H groups in total. The molecule has 1 aliphatic rings. The molecule has 0 saturated carbocycles. The Labute approximate surface area is 176 Å². The van der Waals surface area contributed by atoms with E-state index in [9.17, 15) is 4.79 Å². The van der Waals surface area contributed by atoms with Gasteiger partial charge >= 0.3 is 0 Å². The Hall–Kier alpha value is -2.72. The van der Waals surface area contributed by atoms with Gasteiger partial charge in [0.15, 0.2) is 0 Å². The third-order valence-corrected chi connectivity index (χ3v) is 6.35. The van der Waals surface area contributed by atoms with Crippen LogP contribution < -0.4 is 4.74 Å². The van der Waals surface area contributed by atoms with Crippen LogP contribution in [0, 0.1) is 0 Å². The van der Waals surface area contributed by atoms with Crippen molar-refractivity contribution in [2.75, 3.05) is 12.3 Å². The molecule has 1 aliphatic heterocycles. The van der Waals surface area contributed by atoms with Crippen LogP contribution in [-0.4, -0.2) is 23.1 Å². The van der Waals surface area contributed by atoms with Crippen molar-refractivity contribution in [1.29, 1.82) is 0 Å². The highest BCUT2D eigenvalue weighted by Crippen LogP contribution is 2.42. The highest BCUT2D eigenvalue weighted by atomic mass is 32.2. The van der Waals surface area contributed by atoms with Gasteiger partial charge in [-0.05, 0) is 23.6 Å². The maximum absolute atomic E-state index is 13.0. The zero-order chi connectivity index (χ0) is 19.9. The molecule has 0 aliphatic carbocycles. The lowest BCUT2D eigenvalue weighted by Gasteiger charge is -2.26. The number of nitrogens with zero attached hydrogens (tertiary/aromatic N) is 1. The van der Waals surface area contributed by atoms with Gasteiger partial charge in [0.1, 0.15) is 17.7 Å². The zero-order valence-corrected chi connectivity index (χ0v) is 17.2. The Kier molecular flexibility index (Phi) is 6.52. The number of amides is 1. The number of benzene rings is 3. The number of hydrogen-bond acceptors (Lipinski definition) is 3. The summed E-state index contributed by atoms with van der Waals surface area (Å²) in [6, 6.07) is 28.5. The van der Waals surface area contributed by atoms with Crippen molar-refractivity contribution < 1.29 is 9.53 Å². The Morgan fingerprint density at radius 3 is 2.31 bits per heavy atom. The Bertz CT molecular complexity index is 930. The molecule has 1 amide bonds. The van der Waals surface area contributed by atoms with Crippen LogP contribution in [0.2, 0.25) is 0 Å². The molecule has 0 spiro atoms. The van der Waals surface area contributed by atoms with Gasteiger partial charge in [0.2, 0.25) is 5.91 Å². The van der Waals surface area contributed by atoms with E-state index in [1.54, 1.807) is 0 Å². The molecule has 0 bridgehead atoms. The molecule has 0 aromatic heterocycles. The first kappa shape index (κ1) is 19.6. The summed E-state index contributed by atoms with van der Waals surface area (Å²) < 4.78 is 6.14. The third-order valence-electron chi connectivity index (χ3n) is 5.10. The van der Waals surface area contributed by atoms with Gasteiger partial charge in [0, 0.05) is 24.3 Å². The lowest BCUT2D eigenvalue weighted by molar-refractivity contribution is -0.131. The van der Waals surface area contributed by atoms with E-state index in [2.05, 4.69) is 30.3 Å². The number of para-hydroxylation sites is 1. The summed E-state index contributed by atoms with van der Waals surface area (Å²) in [5, 5.41) is 0.0187. The SMILES string of the molecule is O=C(CCc1ccccc1)N1CCSC1c1ccccc1OCc1ccccc1. The lowest BCUT2D eigenvalue weighted by Crippen LogP contribution is -2.30. The summed E-state index contributed by atoms with van der Waals surface area (Å²) in [6.45, 7) is 1.31. The number of carbonyl (C=O) groups is 1. The summed E-state index contributed by atoms with van der Waals surface area (Å²) in [5.41, 5.74) is 3.42. The van der Waals surface area contributed by atoms with E-state index in [-0.39, 0.29) is 11.3 Å². The standard InChI is InChI=1S/C25H25NO2S/c27-24(16-15-20-9-3-1-4-10-20)26-17-18-29-25(26)22-13-7-8-14-23(22)28-19-21-11-5-2-6-12-21/h1-14,25H,15-19H2. The van der Waals surface area contributed by atoms with Gasteiger partial charge in [0.25, 0.3) is 0 Å². The van der Waals surface area contributed by atoms with E-state index in [0.29, 0.717) is 13.0 Å². The number of hydrogen-bond donors (Lipinski definition) is 0. The minimum Gasteiger partial charge on any atom is -0.489 e. The average Bonchev–Trinajstić information content (AvgIpc) is 3.27. The summed E-state index contributed by atoms with van der Waals surface area (Å²) in [5.74, 6) is 2.02. The molecule has 4 heteroatoms. The van der Waals surface area contributed by atoms with Crippen molar-refractivity contribution in [1.82, 2.24) is 4.90 Å². The predicted molar refractivity (Wildman–Crippen MR) is 119 cm³/mol. The number of aryl methyl sites for hydroxylation is 1. The van der Waals surface area contributed by atoms with Crippen molar-refractivity contribution in [3.05, 3.63) is 102 Å². The van der Waals surface area contributed by atoms with Crippen LogP contribution in [0.25, 0.3) is 0 Å². The molecular formula is C25H25NO2S. The summed E-state index contributed by atoms with van der Waals surface area (Å²) in [4.78, 5) is 15.0. The Morgan fingerprint density at radius 2 is 1.55 bits per heavy atom. The lowest BCUT2D eigenvalue weighted by atomic mass is 10.1. The fourth-order valence-corrected chi connectivity index (χ4v) is 4.88. The minimum atomic E-state index is 0.0187. The van der Waals surface area contributed by atoms with Gasteiger partial charge in [-0.2, -0.15) is 0 Å². The molecule has 1 saturated heterocycles. The second kappa shape index (κ2) is 9.66. The molecule has 1 fully saturated rings. The highest BCUT2D eigenvalue weighted by Gasteiger charge is 2.32. The summed E-state index contributed by atoms with van der Waals surface area (Å²) in [6.07, 6.45) is 1.31. The molecule has 3 nitrogen and oxygen atoms in total. The van der Waals surface area contributed by atoms with Gasteiger partial charge in [0.05, 0.1) is 0 Å². The smallest absolute Gasteiger partial charge is 0.224 e. The number of ether oxygens (including phenoxy) is 1. The molecule has 29 heavy (non-hydrogen) atoms. The number of carbonyl (C=O) groups excluding carboxylic acids is 1. The second-order valence-electron chi connectivity index (χ2n) is 7.11. The van der Waals surface area contributed by atoms with E-state index in [1.165, 1.54) is 5.56 Å². The van der Waals surface area contributed by atoms with Crippen LogP contribution in [0.1, 0.15) is 28.5 Å². The van der Waals surface area contributed by atoms with Gasteiger partial charge in [-0.25, -0.2) is 0 Å². The maximum atomic E-state index is 13.0. The van der Waals surface area contributed by atoms with Crippen molar-refractivity contribution in [2.45, 2.75) is 24.8 Å².